The first-order valence-corrected chi connectivity index (χ1v) is 12.8. The molecule has 1 aliphatic rings. The second-order valence-electron chi connectivity index (χ2n) is 8.83. The highest BCUT2D eigenvalue weighted by Crippen LogP contribution is 2.17. The van der Waals surface area contributed by atoms with Crippen molar-refractivity contribution in [2.45, 2.75) is 19.9 Å². The number of nitrogens with one attached hydrogen (secondary N) is 3. The van der Waals surface area contributed by atoms with Crippen LogP contribution in [0.2, 0.25) is 0 Å². The minimum absolute atomic E-state index is 0.0195. The highest BCUT2D eigenvalue weighted by molar-refractivity contribution is 5.94. The van der Waals surface area contributed by atoms with Gasteiger partial charge in [0.15, 0.2) is 0 Å². The molecule has 0 unspecified atom stereocenters. The van der Waals surface area contributed by atoms with E-state index < -0.39 is 0 Å². The number of aromatic nitrogens is 3. The van der Waals surface area contributed by atoms with E-state index in [1.54, 1.807) is 12.1 Å². The molecule has 1 saturated heterocycles. The lowest BCUT2D eigenvalue weighted by atomic mass is 10.1. The van der Waals surface area contributed by atoms with Gasteiger partial charge in [-0.25, -0.2) is 0 Å². The van der Waals surface area contributed by atoms with Gasteiger partial charge in [-0.3, -0.25) is 4.79 Å². The Labute approximate surface area is 218 Å². The van der Waals surface area contributed by atoms with Crippen molar-refractivity contribution in [3.8, 4) is 0 Å². The summed E-state index contributed by atoms with van der Waals surface area (Å²) in [5.74, 6) is 1.52. The first-order chi connectivity index (χ1) is 18.1. The highest BCUT2D eigenvalue weighted by Gasteiger charge is 2.19. The number of rotatable bonds is 16. The fraction of sp³-hybridized carbons (Fsp3) is 0.600. The standard InChI is InChI=1S/C25H39N7O5/c1-19(2)21(18-33)28-24-29-23(30-25(31-24)32-10-14-37-15-11-32)27-9-13-36-17-16-35-12-8-26-22(34)20-6-4-3-5-7-20/h3-7,19,21,33H,8-18H2,1-2H3,(H,26,34)(H2,27,28,29,30,31)/t21-/m0/s1. The van der Waals surface area contributed by atoms with Gasteiger partial charge in [0, 0.05) is 31.7 Å². The van der Waals surface area contributed by atoms with Crippen molar-refractivity contribution in [2.24, 2.45) is 5.92 Å². The Morgan fingerprint density at radius 1 is 1.00 bits per heavy atom. The van der Waals surface area contributed by atoms with E-state index in [4.69, 9.17) is 14.2 Å². The van der Waals surface area contributed by atoms with Crippen LogP contribution in [0.5, 0.6) is 0 Å². The zero-order valence-electron chi connectivity index (χ0n) is 21.7. The lowest BCUT2D eigenvalue weighted by molar-refractivity contribution is 0.0519. The van der Waals surface area contributed by atoms with Gasteiger partial charge in [-0.05, 0) is 18.1 Å². The molecule has 0 spiro atoms. The van der Waals surface area contributed by atoms with E-state index in [1.807, 2.05) is 32.0 Å². The number of hydrogen-bond acceptors (Lipinski definition) is 11. The summed E-state index contributed by atoms with van der Waals surface area (Å²) in [6, 6.07) is 8.91. The number of morpholine rings is 1. The van der Waals surface area contributed by atoms with Crippen molar-refractivity contribution in [3.63, 3.8) is 0 Å². The summed E-state index contributed by atoms with van der Waals surface area (Å²) in [5, 5.41) is 18.9. The third-order valence-electron chi connectivity index (χ3n) is 5.70. The number of aliphatic hydroxyl groups excluding tert-OH is 1. The number of carbonyl (C=O) groups is 1. The fourth-order valence-electron chi connectivity index (χ4n) is 3.49. The topological polar surface area (TPSA) is 143 Å². The molecule has 0 saturated carbocycles. The van der Waals surface area contributed by atoms with E-state index >= 15 is 0 Å². The molecule has 0 aliphatic carbocycles. The summed E-state index contributed by atoms with van der Waals surface area (Å²) < 4.78 is 16.6. The molecule has 12 heteroatoms. The number of aliphatic hydroxyl groups is 1. The number of anilines is 3. The maximum atomic E-state index is 12.0. The third-order valence-corrected chi connectivity index (χ3v) is 5.70. The minimum Gasteiger partial charge on any atom is -0.394 e. The lowest BCUT2D eigenvalue weighted by Crippen LogP contribution is -2.38. The third kappa shape index (κ3) is 10.1. The van der Waals surface area contributed by atoms with Crippen molar-refractivity contribution in [1.82, 2.24) is 20.3 Å². The molecule has 12 nitrogen and oxygen atoms in total. The summed E-state index contributed by atoms with van der Waals surface area (Å²) in [5.41, 5.74) is 0.629. The Morgan fingerprint density at radius 3 is 2.35 bits per heavy atom. The van der Waals surface area contributed by atoms with Gasteiger partial charge < -0.3 is 40.2 Å². The first-order valence-electron chi connectivity index (χ1n) is 12.8. The Kier molecular flexibility index (Phi) is 12.3. The Hall–Kier alpha value is -3.06. The molecule has 1 fully saturated rings. The zero-order chi connectivity index (χ0) is 26.3. The molecule has 37 heavy (non-hydrogen) atoms. The summed E-state index contributed by atoms with van der Waals surface area (Å²) in [6.45, 7) is 9.35. The predicted octanol–water partition coefficient (Wildman–Crippen LogP) is 1.01. The van der Waals surface area contributed by atoms with E-state index in [9.17, 15) is 9.90 Å². The molecule has 0 bridgehead atoms. The van der Waals surface area contributed by atoms with Crippen LogP contribution in [0.25, 0.3) is 0 Å². The van der Waals surface area contributed by atoms with Crippen molar-refractivity contribution in [3.05, 3.63) is 35.9 Å². The van der Waals surface area contributed by atoms with Gasteiger partial charge >= 0.3 is 0 Å². The molecule has 1 atom stereocenters. The number of amides is 1. The van der Waals surface area contributed by atoms with E-state index in [2.05, 4.69) is 35.8 Å². The smallest absolute Gasteiger partial charge is 0.251 e. The molecule has 1 aromatic heterocycles. The molecule has 2 heterocycles. The monoisotopic (exact) mass is 517 g/mol. The Bertz CT molecular complexity index is 929. The average Bonchev–Trinajstić information content (AvgIpc) is 2.93. The summed E-state index contributed by atoms with van der Waals surface area (Å²) in [7, 11) is 0. The molecule has 4 N–H and O–H groups in total. The maximum Gasteiger partial charge on any atom is 0.251 e. The van der Waals surface area contributed by atoms with Crippen molar-refractivity contribution >= 4 is 23.8 Å². The normalized spacial score (nSPS) is 14.4. The van der Waals surface area contributed by atoms with Crippen LogP contribution < -0.4 is 20.9 Å². The molecule has 0 radical (unpaired) electrons. The van der Waals surface area contributed by atoms with Gasteiger partial charge in [-0.15, -0.1) is 0 Å². The van der Waals surface area contributed by atoms with Gasteiger partial charge in [-0.2, -0.15) is 15.0 Å². The number of benzene rings is 1. The number of ether oxygens (including phenoxy) is 3. The molecule has 204 valence electrons. The molecule has 3 rings (SSSR count). The summed E-state index contributed by atoms with van der Waals surface area (Å²) in [6.07, 6.45) is 0. The number of hydrogen-bond donors (Lipinski definition) is 4. The minimum atomic E-state index is -0.164. The van der Waals surface area contributed by atoms with Crippen LogP contribution in [-0.4, -0.2) is 104 Å². The Morgan fingerprint density at radius 2 is 1.68 bits per heavy atom. The fourth-order valence-corrected chi connectivity index (χ4v) is 3.49. The molecular weight excluding hydrogens is 478 g/mol. The SMILES string of the molecule is CC(C)[C@H](CO)Nc1nc(NCCOCCOCCNC(=O)c2ccccc2)nc(N2CCOCC2)n1. The van der Waals surface area contributed by atoms with Crippen molar-refractivity contribution < 1.29 is 24.1 Å². The number of nitrogens with zero attached hydrogens (tertiary/aromatic N) is 4. The van der Waals surface area contributed by atoms with E-state index in [0.717, 1.165) is 0 Å². The second kappa shape index (κ2) is 15.9. The van der Waals surface area contributed by atoms with Gasteiger partial charge in [0.1, 0.15) is 0 Å². The second-order valence-corrected chi connectivity index (χ2v) is 8.83. The molecule has 2 aromatic rings. The van der Waals surface area contributed by atoms with Crippen molar-refractivity contribution in [2.75, 3.05) is 88.0 Å². The molecule has 1 aliphatic heterocycles. The van der Waals surface area contributed by atoms with E-state index in [-0.39, 0.29) is 24.5 Å². The Balaban J connectivity index is 1.36. The van der Waals surface area contributed by atoms with Gasteiger partial charge in [-0.1, -0.05) is 32.0 Å². The zero-order valence-corrected chi connectivity index (χ0v) is 21.7. The van der Waals surface area contributed by atoms with Crippen LogP contribution in [0.4, 0.5) is 17.8 Å². The highest BCUT2D eigenvalue weighted by atomic mass is 16.5. The lowest BCUT2D eigenvalue weighted by Gasteiger charge is -2.27. The summed E-state index contributed by atoms with van der Waals surface area (Å²) in [4.78, 5) is 27.6. The largest absolute Gasteiger partial charge is 0.394 e. The maximum absolute atomic E-state index is 12.0. The number of carbonyl (C=O) groups excluding carboxylic acids is 1. The van der Waals surface area contributed by atoms with E-state index in [1.165, 1.54) is 0 Å². The van der Waals surface area contributed by atoms with Crippen LogP contribution in [0, 0.1) is 5.92 Å². The predicted molar refractivity (Wildman–Crippen MR) is 141 cm³/mol. The first kappa shape index (κ1) is 28.5. The van der Waals surface area contributed by atoms with Crippen LogP contribution in [0.15, 0.2) is 30.3 Å². The van der Waals surface area contributed by atoms with Crippen LogP contribution in [0.1, 0.15) is 24.2 Å². The van der Waals surface area contributed by atoms with Crippen LogP contribution >= 0.6 is 0 Å². The average molecular weight is 518 g/mol. The van der Waals surface area contributed by atoms with Crippen LogP contribution in [-0.2, 0) is 14.2 Å². The molecule has 1 amide bonds. The van der Waals surface area contributed by atoms with Gasteiger partial charge in [0.05, 0.1) is 52.3 Å². The van der Waals surface area contributed by atoms with Crippen LogP contribution in [0.3, 0.4) is 0 Å². The molecule has 1 aromatic carbocycles. The summed E-state index contributed by atoms with van der Waals surface area (Å²) >= 11 is 0. The van der Waals surface area contributed by atoms with Crippen molar-refractivity contribution in [1.29, 1.82) is 0 Å². The van der Waals surface area contributed by atoms with Gasteiger partial charge in [0.2, 0.25) is 17.8 Å². The van der Waals surface area contributed by atoms with E-state index in [0.29, 0.717) is 89.2 Å². The quantitative estimate of drug-likeness (QED) is 0.237. The molecular formula is C25H39N7O5. The van der Waals surface area contributed by atoms with Gasteiger partial charge in [0.25, 0.3) is 5.91 Å².